The van der Waals surface area contributed by atoms with Crippen LogP contribution in [0.25, 0.3) is 0 Å². The Hall–Kier alpha value is -2.48. The molecule has 3 heterocycles. The fraction of sp³-hybridized carbons (Fsp3) is 0.474. The molecule has 4 N–H and O–H groups in total. The predicted molar refractivity (Wildman–Crippen MR) is 105 cm³/mol. The highest BCUT2D eigenvalue weighted by atomic mass is 32.1. The molecule has 0 aromatic carbocycles. The molecule has 2 aromatic heterocycles. The summed E-state index contributed by atoms with van der Waals surface area (Å²) in [5, 5.41) is 6.54. The van der Waals surface area contributed by atoms with Crippen molar-refractivity contribution in [2.75, 3.05) is 11.1 Å². The molecule has 7 nitrogen and oxygen atoms in total. The van der Waals surface area contributed by atoms with Gasteiger partial charge in [0.25, 0.3) is 5.91 Å². The van der Waals surface area contributed by atoms with Crippen molar-refractivity contribution in [3.05, 3.63) is 34.4 Å². The fourth-order valence-corrected chi connectivity index (χ4v) is 5.47. The Bertz CT molecular complexity index is 1030. The van der Waals surface area contributed by atoms with Gasteiger partial charge in [-0.2, -0.15) is 0 Å². The molecule has 1 aliphatic heterocycles. The third-order valence-electron chi connectivity index (χ3n) is 6.48. The number of nitrogens with one attached hydrogen (secondary N) is 2. The van der Waals surface area contributed by atoms with Crippen LogP contribution in [0.2, 0.25) is 0 Å². The maximum absolute atomic E-state index is 12.8. The molecule has 1 atom stereocenters. The molecule has 8 heteroatoms. The third kappa shape index (κ3) is 2.39. The van der Waals surface area contributed by atoms with E-state index in [1.54, 1.807) is 6.07 Å². The van der Waals surface area contributed by atoms with E-state index >= 15 is 0 Å². The number of carbonyl (C=O) groups excluding carboxylic acids is 1. The third-order valence-corrected chi connectivity index (χ3v) is 6.88. The number of hydrogen-bond donors (Lipinski definition) is 3. The quantitative estimate of drug-likeness (QED) is 0.689. The first-order chi connectivity index (χ1) is 12.9. The molecule has 0 radical (unpaired) electrons. The largest absolute Gasteiger partial charge is 0.384 e. The summed E-state index contributed by atoms with van der Waals surface area (Å²) < 4.78 is 2.70. The second-order valence-electron chi connectivity index (χ2n) is 8.20. The number of amides is 1. The van der Waals surface area contributed by atoms with E-state index in [9.17, 15) is 4.79 Å². The van der Waals surface area contributed by atoms with Crippen LogP contribution in [-0.2, 0) is 5.66 Å². The smallest absolute Gasteiger partial charge is 0.270 e. The van der Waals surface area contributed by atoms with Gasteiger partial charge in [-0.15, -0.1) is 0 Å². The molecule has 2 spiro atoms. The topological polar surface area (TPSA) is 97.9 Å². The van der Waals surface area contributed by atoms with Crippen LogP contribution in [0.1, 0.15) is 54.6 Å². The molecular weight excluding hydrogens is 360 g/mol. The number of rotatable bonds is 2. The number of nitrogens with two attached hydrogens (primary N) is 1. The number of aryl methyl sites for hydroxylation is 1. The second-order valence-corrected chi connectivity index (χ2v) is 8.59. The summed E-state index contributed by atoms with van der Waals surface area (Å²) in [6.45, 7) is 1.95. The molecule has 140 valence electrons. The summed E-state index contributed by atoms with van der Waals surface area (Å²) in [6, 6.07) is 3.58. The standard InChI is InChI=1S/C19H22N6OS/c1-11-7-12(23-14-8-13(20)21-10-22-14)17(27)25-15(11)16(26)24-19(25)6-5-18(9-19)3-2-4-18/h7-8,10H,2-6,9H2,1H3,(H,24,26)(H3,20,21,22,23). The van der Waals surface area contributed by atoms with Crippen LogP contribution in [0.4, 0.5) is 17.3 Å². The van der Waals surface area contributed by atoms with Crippen molar-refractivity contribution in [3.63, 3.8) is 0 Å². The zero-order chi connectivity index (χ0) is 18.8. The first-order valence-corrected chi connectivity index (χ1v) is 9.77. The normalized spacial score (nSPS) is 24.7. The van der Waals surface area contributed by atoms with E-state index < -0.39 is 5.66 Å². The van der Waals surface area contributed by atoms with Crippen LogP contribution in [0.15, 0.2) is 18.5 Å². The van der Waals surface area contributed by atoms with Crippen molar-refractivity contribution >= 4 is 35.4 Å². The molecule has 27 heavy (non-hydrogen) atoms. The Morgan fingerprint density at radius 2 is 2.07 bits per heavy atom. The Morgan fingerprint density at radius 1 is 1.26 bits per heavy atom. The summed E-state index contributed by atoms with van der Waals surface area (Å²) in [5.74, 6) is 0.953. The van der Waals surface area contributed by atoms with E-state index in [1.807, 2.05) is 13.0 Å². The van der Waals surface area contributed by atoms with Crippen LogP contribution in [0.3, 0.4) is 0 Å². The van der Waals surface area contributed by atoms with Crippen LogP contribution < -0.4 is 16.4 Å². The summed E-state index contributed by atoms with van der Waals surface area (Å²) in [5.41, 5.74) is 8.09. The van der Waals surface area contributed by atoms with Gasteiger partial charge in [-0.3, -0.25) is 4.79 Å². The van der Waals surface area contributed by atoms with E-state index in [0.29, 0.717) is 27.4 Å². The molecule has 2 aliphatic carbocycles. The van der Waals surface area contributed by atoms with E-state index in [0.717, 1.165) is 30.5 Å². The number of fused-ring (bicyclic) bond motifs is 2. The summed E-state index contributed by atoms with van der Waals surface area (Å²) >= 11 is 5.84. The van der Waals surface area contributed by atoms with Gasteiger partial charge >= 0.3 is 0 Å². The molecular formula is C19H22N6OS. The van der Waals surface area contributed by atoms with E-state index in [-0.39, 0.29) is 5.91 Å². The molecule has 0 saturated heterocycles. The van der Waals surface area contributed by atoms with Gasteiger partial charge in [0.2, 0.25) is 0 Å². The highest BCUT2D eigenvalue weighted by Gasteiger charge is 2.56. The Kier molecular flexibility index (Phi) is 3.40. The van der Waals surface area contributed by atoms with Gasteiger partial charge < -0.3 is 20.9 Å². The molecule has 2 aromatic rings. The number of nitrogen functional groups attached to an aromatic ring is 1. The summed E-state index contributed by atoms with van der Waals surface area (Å²) in [4.78, 5) is 20.9. The van der Waals surface area contributed by atoms with Crippen molar-refractivity contribution in [3.8, 4) is 0 Å². The number of aromatic nitrogens is 3. The second kappa shape index (κ2) is 5.51. The lowest BCUT2D eigenvalue weighted by atomic mass is 9.67. The van der Waals surface area contributed by atoms with Crippen LogP contribution in [0, 0.1) is 17.0 Å². The Labute approximate surface area is 162 Å². The van der Waals surface area contributed by atoms with Gasteiger partial charge in [0, 0.05) is 6.07 Å². The van der Waals surface area contributed by atoms with E-state index in [4.69, 9.17) is 18.0 Å². The van der Waals surface area contributed by atoms with Crippen molar-refractivity contribution in [1.29, 1.82) is 0 Å². The number of hydrogen-bond acceptors (Lipinski definition) is 6. The monoisotopic (exact) mass is 382 g/mol. The molecule has 1 unspecified atom stereocenters. The van der Waals surface area contributed by atoms with Gasteiger partial charge in [-0.25, -0.2) is 9.97 Å². The van der Waals surface area contributed by atoms with E-state index in [1.165, 1.54) is 25.6 Å². The number of pyridine rings is 1. The maximum Gasteiger partial charge on any atom is 0.270 e. The average molecular weight is 382 g/mol. The van der Waals surface area contributed by atoms with Gasteiger partial charge in [0.15, 0.2) is 0 Å². The zero-order valence-electron chi connectivity index (χ0n) is 15.2. The lowest BCUT2D eigenvalue weighted by molar-refractivity contribution is 0.0865. The predicted octanol–water partition coefficient (Wildman–Crippen LogP) is 3.39. The maximum atomic E-state index is 12.8. The van der Waals surface area contributed by atoms with Gasteiger partial charge in [-0.05, 0) is 56.1 Å². The van der Waals surface area contributed by atoms with Crippen molar-refractivity contribution in [1.82, 2.24) is 19.9 Å². The SMILES string of the molecule is Cc1cc(Nc2cc(N)ncn2)c(=S)n2c1C(=O)NC21CCC2(CCC2)C1. The van der Waals surface area contributed by atoms with Crippen molar-refractivity contribution < 1.29 is 4.79 Å². The molecule has 0 bridgehead atoms. The Balaban J connectivity index is 1.61. The minimum Gasteiger partial charge on any atom is -0.384 e. The molecule has 2 saturated carbocycles. The van der Waals surface area contributed by atoms with Gasteiger partial charge in [0.05, 0.1) is 5.69 Å². The first-order valence-electron chi connectivity index (χ1n) is 9.36. The van der Waals surface area contributed by atoms with Crippen molar-refractivity contribution in [2.24, 2.45) is 5.41 Å². The highest BCUT2D eigenvalue weighted by Crippen LogP contribution is 2.59. The molecule has 2 fully saturated rings. The number of nitrogens with zero attached hydrogens (tertiary/aromatic N) is 3. The molecule has 1 amide bonds. The van der Waals surface area contributed by atoms with Crippen LogP contribution in [-0.4, -0.2) is 20.4 Å². The summed E-state index contributed by atoms with van der Waals surface area (Å²) in [6.07, 6.45) is 8.26. The van der Waals surface area contributed by atoms with Gasteiger partial charge in [0.1, 0.15) is 34.0 Å². The lowest BCUT2D eigenvalue weighted by Crippen LogP contribution is -2.43. The summed E-state index contributed by atoms with van der Waals surface area (Å²) in [7, 11) is 0. The van der Waals surface area contributed by atoms with Gasteiger partial charge in [-0.1, -0.05) is 18.6 Å². The minimum atomic E-state index is -0.392. The highest BCUT2D eigenvalue weighted by molar-refractivity contribution is 7.71. The number of carbonyl (C=O) groups is 1. The first kappa shape index (κ1) is 16.7. The zero-order valence-corrected chi connectivity index (χ0v) is 16.0. The fourth-order valence-electron chi connectivity index (χ4n) is 5.10. The molecule has 5 rings (SSSR count). The van der Waals surface area contributed by atoms with E-state index in [2.05, 4.69) is 25.2 Å². The average Bonchev–Trinajstić information content (AvgIpc) is 3.11. The van der Waals surface area contributed by atoms with Crippen molar-refractivity contribution in [2.45, 2.75) is 51.1 Å². The Morgan fingerprint density at radius 3 is 2.74 bits per heavy atom. The number of anilines is 3. The minimum absolute atomic E-state index is 0.0206. The molecule has 3 aliphatic rings. The lowest BCUT2D eigenvalue weighted by Gasteiger charge is -2.40. The van der Waals surface area contributed by atoms with Crippen LogP contribution in [0.5, 0.6) is 0 Å². The van der Waals surface area contributed by atoms with Crippen LogP contribution >= 0.6 is 12.2 Å².